The van der Waals surface area contributed by atoms with Crippen LogP contribution in [0.1, 0.15) is 17.5 Å². The number of carbonyl (C=O) groups excluding carboxylic acids is 1. The minimum absolute atomic E-state index is 0.366. The molecule has 4 nitrogen and oxygen atoms in total. The standard InChI is InChI=1S/C17H18N2O2/c18-16(20)17(19-12-13-6-2-1-3-7-13)10-11-21-15-9-5-4-8-14(15)17/h1-9,19H,10-12H2,(H2,18,20). The van der Waals surface area contributed by atoms with Crippen LogP contribution in [0, 0.1) is 0 Å². The number of ether oxygens (including phenoxy) is 1. The summed E-state index contributed by atoms with van der Waals surface area (Å²) in [6, 6.07) is 17.5. The van der Waals surface area contributed by atoms with Gasteiger partial charge in [-0.15, -0.1) is 0 Å². The summed E-state index contributed by atoms with van der Waals surface area (Å²) in [7, 11) is 0. The second kappa shape index (κ2) is 5.58. The number of primary amides is 1. The fourth-order valence-corrected chi connectivity index (χ4v) is 2.77. The molecule has 1 aliphatic rings. The molecule has 0 bridgehead atoms. The average molecular weight is 282 g/mol. The first-order chi connectivity index (χ1) is 10.2. The third-order valence-electron chi connectivity index (χ3n) is 3.94. The second-order valence-electron chi connectivity index (χ2n) is 5.20. The van der Waals surface area contributed by atoms with Gasteiger partial charge < -0.3 is 10.5 Å². The fourth-order valence-electron chi connectivity index (χ4n) is 2.77. The smallest absolute Gasteiger partial charge is 0.242 e. The third kappa shape index (κ3) is 2.50. The maximum Gasteiger partial charge on any atom is 0.242 e. The van der Waals surface area contributed by atoms with Gasteiger partial charge in [0.25, 0.3) is 0 Å². The van der Waals surface area contributed by atoms with Crippen molar-refractivity contribution >= 4 is 5.91 Å². The van der Waals surface area contributed by atoms with E-state index in [4.69, 9.17) is 10.5 Å². The van der Waals surface area contributed by atoms with Crippen molar-refractivity contribution in [1.82, 2.24) is 5.32 Å². The van der Waals surface area contributed by atoms with Gasteiger partial charge in [-0.3, -0.25) is 10.1 Å². The Hall–Kier alpha value is -2.33. The van der Waals surface area contributed by atoms with Gasteiger partial charge in [-0.2, -0.15) is 0 Å². The molecule has 0 saturated carbocycles. The number of nitrogens with two attached hydrogens (primary N) is 1. The molecule has 1 unspecified atom stereocenters. The van der Waals surface area contributed by atoms with Crippen molar-refractivity contribution < 1.29 is 9.53 Å². The lowest BCUT2D eigenvalue weighted by atomic mass is 9.83. The molecule has 2 aromatic rings. The first-order valence-corrected chi connectivity index (χ1v) is 7.03. The number of amides is 1. The number of hydrogen-bond acceptors (Lipinski definition) is 3. The molecule has 0 aliphatic carbocycles. The molecular weight excluding hydrogens is 264 g/mol. The van der Waals surface area contributed by atoms with Crippen LogP contribution in [-0.4, -0.2) is 12.5 Å². The van der Waals surface area contributed by atoms with E-state index in [1.165, 1.54) is 0 Å². The largest absolute Gasteiger partial charge is 0.493 e. The Kier molecular flexibility index (Phi) is 3.62. The maximum atomic E-state index is 12.2. The van der Waals surface area contributed by atoms with Crippen LogP contribution in [0.3, 0.4) is 0 Å². The van der Waals surface area contributed by atoms with Crippen LogP contribution in [-0.2, 0) is 16.9 Å². The number of hydrogen-bond donors (Lipinski definition) is 2. The fraction of sp³-hybridized carbons (Fsp3) is 0.235. The van der Waals surface area contributed by atoms with Crippen LogP contribution in [0.5, 0.6) is 5.75 Å². The van der Waals surface area contributed by atoms with Crippen molar-refractivity contribution in [3.8, 4) is 5.75 Å². The maximum absolute atomic E-state index is 12.2. The molecule has 3 N–H and O–H groups in total. The van der Waals surface area contributed by atoms with Crippen LogP contribution in [0.2, 0.25) is 0 Å². The molecule has 0 spiro atoms. The predicted molar refractivity (Wildman–Crippen MR) is 80.7 cm³/mol. The second-order valence-corrected chi connectivity index (χ2v) is 5.20. The average Bonchev–Trinajstić information content (AvgIpc) is 2.53. The monoisotopic (exact) mass is 282 g/mol. The third-order valence-corrected chi connectivity index (χ3v) is 3.94. The number of para-hydroxylation sites is 1. The molecule has 108 valence electrons. The predicted octanol–water partition coefficient (Wildman–Crippen LogP) is 1.94. The van der Waals surface area contributed by atoms with E-state index in [-0.39, 0.29) is 5.91 Å². The summed E-state index contributed by atoms with van der Waals surface area (Å²) in [6.45, 7) is 1.06. The van der Waals surface area contributed by atoms with Gasteiger partial charge >= 0.3 is 0 Å². The molecular formula is C17H18N2O2. The van der Waals surface area contributed by atoms with Gasteiger partial charge in [0, 0.05) is 18.5 Å². The van der Waals surface area contributed by atoms with E-state index >= 15 is 0 Å². The van der Waals surface area contributed by atoms with Crippen molar-refractivity contribution in [3.05, 3.63) is 65.7 Å². The number of carbonyl (C=O) groups is 1. The Labute approximate surface area is 123 Å². The molecule has 4 heteroatoms. The molecule has 3 rings (SSSR count). The first-order valence-electron chi connectivity index (χ1n) is 7.03. The van der Waals surface area contributed by atoms with Gasteiger partial charge in [0.2, 0.25) is 5.91 Å². The van der Waals surface area contributed by atoms with E-state index in [2.05, 4.69) is 5.32 Å². The van der Waals surface area contributed by atoms with Gasteiger partial charge in [-0.05, 0) is 11.6 Å². The summed E-state index contributed by atoms with van der Waals surface area (Å²) in [5.74, 6) is 0.359. The lowest BCUT2D eigenvalue weighted by Crippen LogP contribution is -2.54. The van der Waals surface area contributed by atoms with Crippen molar-refractivity contribution in [1.29, 1.82) is 0 Å². The molecule has 0 aromatic heterocycles. The van der Waals surface area contributed by atoms with Gasteiger partial charge in [0.1, 0.15) is 11.3 Å². The Morgan fingerprint density at radius 2 is 1.86 bits per heavy atom. The van der Waals surface area contributed by atoms with Crippen LogP contribution in [0.4, 0.5) is 0 Å². The molecule has 1 aliphatic heterocycles. The SMILES string of the molecule is NC(=O)C1(NCc2ccccc2)CCOc2ccccc21. The molecule has 1 amide bonds. The summed E-state index contributed by atoms with van der Waals surface area (Å²) in [5, 5.41) is 3.35. The number of rotatable bonds is 4. The highest BCUT2D eigenvalue weighted by molar-refractivity contribution is 5.87. The molecule has 0 radical (unpaired) electrons. The topological polar surface area (TPSA) is 64.4 Å². The highest BCUT2D eigenvalue weighted by atomic mass is 16.5. The minimum Gasteiger partial charge on any atom is -0.493 e. The molecule has 1 atom stereocenters. The van der Waals surface area contributed by atoms with Gasteiger partial charge in [-0.25, -0.2) is 0 Å². The summed E-state index contributed by atoms with van der Waals surface area (Å²) in [4.78, 5) is 12.2. The first kappa shape index (κ1) is 13.6. The zero-order chi connectivity index (χ0) is 14.7. The van der Waals surface area contributed by atoms with Crippen LogP contribution < -0.4 is 15.8 Å². The molecule has 21 heavy (non-hydrogen) atoms. The van der Waals surface area contributed by atoms with E-state index in [0.29, 0.717) is 19.6 Å². The van der Waals surface area contributed by atoms with E-state index in [1.807, 2.05) is 54.6 Å². The Morgan fingerprint density at radius 3 is 2.62 bits per heavy atom. The quantitative estimate of drug-likeness (QED) is 0.900. The van der Waals surface area contributed by atoms with Gasteiger partial charge in [-0.1, -0.05) is 48.5 Å². The summed E-state index contributed by atoms with van der Waals surface area (Å²) < 4.78 is 5.63. The van der Waals surface area contributed by atoms with Gasteiger partial charge in [0.15, 0.2) is 0 Å². The number of fused-ring (bicyclic) bond motifs is 1. The Balaban J connectivity index is 1.93. The van der Waals surface area contributed by atoms with E-state index < -0.39 is 5.54 Å². The molecule has 0 fully saturated rings. The minimum atomic E-state index is -0.870. The number of nitrogens with one attached hydrogen (secondary N) is 1. The molecule has 2 aromatic carbocycles. The summed E-state index contributed by atoms with van der Waals surface area (Å²) >= 11 is 0. The summed E-state index contributed by atoms with van der Waals surface area (Å²) in [6.07, 6.45) is 0.534. The van der Waals surface area contributed by atoms with Crippen LogP contribution >= 0.6 is 0 Å². The van der Waals surface area contributed by atoms with E-state index in [9.17, 15) is 4.79 Å². The highest BCUT2D eigenvalue weighted by Crippen LogP contribution is 2.36. The zero-order valence-electron chi connectivity index (χ0n) is 11.7. The lowest BCUT2D eigenvalue weighted by molar-refractivity contribution is -0.126. The Bertz CT molecular complexity index is 642. The lowest BCUT2D eigenvalue weighted by Gasteiger charge is -2.37. The van der Waals surface area contributed by atoms with Gasteiger partial charge in [0.05, 0.1) is 6.61 Å². The van der Waals surface area contributed by atoms with Crippen molar-refractivity contribution in [2.75, 3.05) is 6.61 Å². The molecule has 1 heterocycles. The summed E-state index contributed by atoms with van der Waals surface area (Å²) in [5.41, 5.74) is 6.79. The Morgan fingerprint density at radius 1 is 1.14 bits per heavy atom. The molecule has 0 saturated heterocycles. The van der Waals surface area contributed by atoms with E-state index in [0.717, 1.165) is 16.9 Å². The van der Waals surface area contributed by atoms with Crippen LogP contribution in [0.25, 0.3) is 0 Å². The van der Waals surface area contributed by atoms with Crippen LogP contribution in [0.15, 0.2) is 54.6 Å². The van der Waals surface area contributed by atoms with Crippen molar-refractivity contribution in [2.24, 2.45) is 5.73 Å². The van der Waals surface area contributed by atoms with Crippen molar-refractivity contribution in [3.63, 3.8) is 0 Å². The van der Waals surface area contributed by atoms with E-state index in [1.54, 1.807) is 0 Å². The number of benzene rings is 2. The zero-order valence-corrected chi connectivity index (χ0v) is 11.7. The normalized spacial score (nSPS) is 20.4. The van der Waals surface area contributed by atoms with Crippen molar-refractivity contribution in [2.45, 2.75) is 18.5 Å². The highest BCUT2D eigenvalue weighted by Gasteiger charge is 2.42.